The van der Waals surface area contributed by atoms with Crippen LogP contribution in [0.1, 0.15) is 45.0 Å². The van der Waals surface area contributed by atoms with E-state index in [1.165, 1.54) is 11.3 Å². The SMILES string of the molecule is CCOC(=O)C1=C(C)N=c2sc(=Cc3ccccn3)c(=O)n2[C@@H]1c1ccc(OC(C)C)cc1. The summed E-state index contributed by atoms with van der Waals surface area (Å²) in [4.78, 5) is 35.8. The average molecular weight is 464 g/mol. The van der Waals surface area contributed by atoms with E-state index in [1.54, 1.807) is 30.7 Å². The fourth-order valence-corrected chi connectivity index (χ4v) is 4.73. The highest BCUT2D eigenvalue weighted by atomic mass is 32.1. The van der Waals surface area contributed by atoms with Gasteiger partial charge in [0.05, 0.1) is 40.2 Å². The van der Waals surface area contributed by atoms with Gasteiger partial charge < -0.3 is 9.47 Å². The maximum atomic E-state index is 13.5. The molecule has 0 aliphatic carbocycles. The molecule has 3 heterocycles. The third-order valence-electron chi connectivity index (χ3n) is 5.05. The van der Waals surface area contributed by atoms with E-state index in [2.05, 4.69) is 9.98 Å². The third-order valence-corrected chi connectivity index (χ3v) is 6.03. The second-order valence-corrected chi connectivity index (χ2v) is 8.80. The molecule has 0 saturated carbocycles. The van der Waals surface area contributed by atoms with Crippen molar-refractivity contribution in [1.29, 1.82) is 0 Å². The summed E-state index contributed by atoms with van der Waals surface area (Å²) in [5, 5.41) is 0. The molecule has 0 spiro atoms. The zero-order chi connectivity index (χ0) is 23.5. The van der Waals surface area contributed by atoms with Crippen LogP contribution in [0.4, 0.5) is 0 Å². The predicted molar refractivity (Wildman–Crippen MR) is 127 cm³/mol. The van der Waals surface area contributed by atoms with Crippen LogP contribution in [0, 0.1) is 0 Å². The minimum Gasteiger partial charge on any atom is -0.491 e. The number of allylic oxidation sites excluding steroid dienone is 1. The number of fused-ring (bicyclic) bond motifs is 1. The second-order valence-electron chi connectivity index (χ2n) is 7.79. The molecule has 33 heavy (non-hydrogen) atoms. The largest absolute Gasteiger partial charge is 0.491 e. The van der Waals surface area contributed by atoms with E-state index in [1.807, 2.05) is 56.3 Å². The zero-order valence-corrected chi connectivity index (χ0v) is 19.8. The quantitative estimate of drug-likeness (QED) is 0.525. The van der Waals surface area contributed by atoms with Gasteiger partial charge >= 0.3 is 5.97 Å². The number of carbonyl (C=O) groups is 1. The lowest BCUT2D eigenvalue weighted by molar-refractivity contribution is -0.139. The molecule has 4 rings (SSSR count). The number of carbonyl (C=O) groups excluding carboxylic acids is 1. The Morgan fingerprint density at radius 1 is 1.21 bits per heavy atom. The fraction of sp³-hybridized carbons (Fsp3) is 0.280. The Hall–Kier alpha value is -3.52. The molecule has 0 N–H and O–H groups in total. The summed E-state index contributed by atoms with van der Waals surface area (Å²) in [7, 11) is 0. The Kier molecular flexibility index (Phi) is 6.55. The first-order valence-electron chi connectivity index (χ1n) is 10.8. The molecule has 1 aromatic carbocycles. The highest BCUT2D eigenvalue weighted by Crippen LogP contribution is 2.31. The minimum atomic E-state index is -0.653. The van der Waals surface area contributed by atoms with Gasteiger partial charge in [-0.05, 0) is 63.6 Å². The van der Waals surface area contributed by atoms with Gasteiger partial charge in [0.1, 0.15) is 5.75 Å². The summed E-state index contributed by atoms with van der Waals surface area (Å²) in [6.07, 6.45) is 3.46. The van der Waals surface area contributed by atoms with E-state index in [-0.39, 0.29) is 18.3 Å². The first-order valence-corrected chi connectivity index (χ1v) is 11.6. The molecular formula is C25H25N3O4S. The Morgan fingerprint density at radius 3 is 2.61 bits per heavy atom. The maximum Gasteiger partial charge on any atom is 0.338 e. The average Bonchev–Trinajstić information content (AvgIpc) is 3.08. The van der Waals surface area contributed by atoms with Crippen LogP contribution < -0.4 is 19.6 Å². The van der Waals surface area contributed by atoms with Gasteiger partial charge in [0.15, 0.2) is 4.80 Å². The van der Waals surface area contributed by atoms with Crippen molar-refractivity contribution in [1.82, 2.24) is 9.55 Å². The number of pyridine rings is 1. The standard InChI is InChI=1S/C25H25N3O4S/c1-5-31-24(30)21-16(4)27-25-28(22(21)17-9-11-19(12-10-17)32-15(2)3)23(29)20(33-25)14-18-8-6-7-13-26-18/h6-15,22H,5H2,1-4H3/t22-/m1/s1. The number of esters is 1. The predicted octanol–water partition coefficient (Wildman–Crippen LogP) is 2.98. The lowest BCUT2D eigenvalue weighted by Gasteiger charge is -2.25. The van der Waals surface area contributed by atoms with Gasteiger partial charge in [0, 0.05) is 6.20 Å². The molecule has 0 radical (unpaired) electrons. The van der Waals surface area contributed by atoms with Crippen molar-refractivity contribution in [2.75, 3.05) is 6.61 Å². The molecule has 0 amide bonds. The molecule has 7 nitrogen and oxygen atoms in total. The van der Waals surface area contributed by atoms with Gasteiger partial charge in [-0.25, -0.2) is 9.79 Å². The summed E-state index contributed by atoms with van der Waals surface area (Å²) in [5.41, 5.74) is 2.11. The summed E-state index contributed by atoms with van der Waals surface area (Å²) >= 11 is 1.27. The second kappa shape index (κ2) is 9.54. The van der Waals surface area contributed by atoms with Gasteiger partial charge in [0.2, 0.25) is 0 Å². The Morgan fingerprint density at radius 2 is 1.97 bits per heavy atom. The van der Waals surface area contributed by atoms with E-state index in [4.69, 9.17) is 9.47 Å². The number of nitrogens with zero attached hydrogens (tertiary/aromatic N) is 3. The molecule has 0 saturated heterocycles. The van der Waals surface area contributed by atoms with Crippen LogP contribution in [0.5, 0.6) is 5.75 Å². The molecule has 1 aliphatic rings. The van der Waals surface area contributed by atoms with Crippen molar-refractivity contribution in [3.05, 3.63) is 90.9 Å². The van der Waals surface area contributed by atoms with E-state index in [0.29, 0.717) is 26.3 Å². The number of benzene rings is 1. The van der Waals surface area contributed by atoms with Crippen LogP contribution >= 0.6 is 11.3 Å². The smallest absolute Gasteiger partial charge is 0.338 e. The number of ether oxygens (including phenoxy) is 2. The van der Waals surface area contributed by atoms with Crippen molar-refractivity contribution in [2.24, 2.45) is 4.99 Å². The third kappa shape index (κ3) is 4.66. The highest BCUT2D eigenvalue weighted by molar-refractivity contribution is 7.07. The van der Waals surface area contributed by atoms with Crippen molar-refractivity contribution in [2.45, 2.75) is 39.8 Å². The molecule has 1 aliphatic heterocycles. The molecule has 0 unspecified atom stereocenters. The monoisotopic (exact) mass is 463 g/mol. The first-order chi connectivity index (χ1) is 15.9. The normalized spacial score (nSPS) is 15.9. The minimum absolute atomic E-state index is 0.0392. The van der Waals surface area contributed by atoms with Crippen LogP contribution in [-0.2, 0) is 9.53 Å². The van der Waals surface area contributed by atoms with E-state index in [0.717, 1.165) is 11.3 Å². The van der Waals surface area contributed by atoms with Gasteiger partial charge in [-0.3, -0.25) is 14.3 Å². The lowest BCUT2D eigenvalue weighted by atomic mass is 9.96. The Labute approximate surface area is 195 Å². The van der Waals surface area contributed by atoms with E-state index in [9.17, 15) is 9.59 Å². The van der Waals surface area contributed by atoms with Gasteiger partial charge in [-0.15, -0.1) is 0 Å². The van der Waals surface area contributed by atoms with Crippen LogP contribution in [0.2, 0.25) is 0 Å². The van der Waals surface area contributed by atoms with E-state index < -0.39 is 12.0 Å². The molecule has 0 fully saturated rings. The molecular weight excluding hydrogens is 438 g/mol. The van der Waals surface area contributed by atoms with Gasteiger partial charge in [-0.2, -0.15) is 0 Å². The fourth-order valence-electron chi connectivity index (χ4n) is 3.70. The van der Waals surface area contributed by atoms with E-state index >= 15 is 0 Å². The first kappa shape index (κ1) is 22.7. The van der Waals surface area contributed by atoms with Crippen molar-refractivity contribution < 1.29 is 14.3 Å². The molecule has 0 bridgehead atoms. The molecule has 1 atom stereocenters. The lowest BCUT2D eigenvalue weighted by Crippen LogP contribution is -2.39. The van der Waals surface area contributed by atoms with Gasteiger partial charge in [-0.1, -0.05) is 29.5 Å². The van der Waals surface area contributed by atoms with Gasteiger partial charge in [0.25, 0.3) is 5.56 Å². The number of hydrogen-bond acceptors (Lipinski definition) is 7. The topological polar surface area (TPSA) is 82.8 Å². The van der Waals surface area contributed by atoms with Crippen LogP contribution in [0.3, 0.4) is 0 Å². The Balaban J connectivity index is 1.90. The number of hydrogen-bond donors (Lipinski definition) is 0. The molecule has 3 aromatic rings. The summed E-state index contributed by atoms with van der Waals surface area (Å²) in [5.74, 6) is 0.236. The molecule has 8 heteroatoms. The summed E-state index contributed by atoms with van der Waals surface area (Å²) in [6.45, 7) is 7.67. The Bertz CT molecular complexity index is 1370. The summed E-state index contributed by atoms with van der Waals surface area (Å²) in [6, 6.07) is 12.3. The van der Waals surface area contributed by atoms with Crippen molar-refractivity contribution in [3.63, 3.8) is 0 Å². The van der Waals surface area contributed by atoms with Crippen LogP contribution in [0.15, 0.2) is 69.7 Å². The number of rotatable bonds is 6. The molecule has 170 valence electrons. The zero-order valence-electron chi connectivity index (χ0n) is 18.9. The van der Waals surface area contributed by atoms with Crippen molar-refractivity contribution in [3.8, 4) is 5.75 Å². The van der Waals surface area contributed by atoms with Crippen molar-refractivity contribution >= 4 is 23.4 Å². The summed E-state index contributed by atoms with van der Waals surface area (Å²) < 4.78 is 13.1. The molecule has 2 aromatic heterocycles. The highest BCUT2D eigenvalue weighted by Gasteiger charge is 2.33. The maximum absolute atomic E-state index is 13.5. The number of thiazole rings is 1. The number of aromatic nitrogens is 2. The van der Waals surface area contributed by atoms with Crippen LogP contribution in [-0.4, -0.2) is 28.2 Å². The van der Waals surface area contributed by atoms with Crippen LogP contribution in [0.25, 0.3) is 6.08 Å².